The van der Waals surface area contributed by atoms with Gasteiger partial charge in [0.2, 0.25) is 5.78 Å². The molecular weight excluding hydrogens is 266 g/mol. The monoisotopic (exact) mass is 276 g/mol. The van der Waals surface area contributed by atoms with Gasteiger partial charge in [0, 0.05) is 5.56 Å². The van der Waals surface area contributed by atoms with Gasteiger partial charge in [-0.05, 0) is 30.3 Å². The van der Waals surface area contributed by atoms with Crippen molar-refractivity contribution in [2.45, 2.75) is 6.10 Å². The van der Waals surface area contributed by atoms with Crippen molar-refractivity contribution in [1.29, 1.82) is 0 Å². The summed E-state index contributed by atoms with van der Waals surface area (Å²) in [6.07, 6.45) is -0.866. The van der Waals surface area contributed by atoms with Crippen molar-refractivity contribution in [3.05, 3.63) is 59.7 Å². The highest BCUT2D eigenvalue weighted by molar-refractivity contribution is 6.00. The number of hydrogen-bond donors (Lipinski definition) is 0. The number of hydrogen-bond acceptors (Lipinski definition) is 3. The average Bonchev–Trinajstić information content (AvgIpc) is 2.49. The quantitative estimate of drug-likeness (QED) is 0.791. The summed E-state index contributed by atoms with van der Waals surface area (Å²) in [5, 5.41) is 0. The fourth-order valence-corrected chi connectivity index (χ4v) is 1.98. The second-order valence-electron chi connectivity index (χ2n) is 4.36. The molecule has 1 atom stereocenters. The summed E-state index contributed by atoms with van der Waals surface area (Å²) in [4.78, 5) is 12.2. The molecule has 0 amide bonds. The summed E-state index contributed by atoms with van der Waals surface area (Å²) < 4.78 is 37.0. The van der Waals surface area contributed by atoms with Crippen LogP contribution >= 0.6 is 0 Å². The normalized spacial score (nSPS) is 16.8. The van der Waals surface area contributed by atoms with E-state index >= 15 is 0 Å². The van der Waals surface area contributed by atoms with Crippen molar-refractivity contribution in [2.24, 2.45) is 0 Å². The van der Waals surface area contributed by atoms with Gasteiger partial charge < -0.3 is 9.47 Å². The van der Waals surface area contributed by atoms with E-state index in [2.05, 4.69) is 0 Å². The van der Waals surface area contributed by atoms with Gasteiger partial charge in [0.1, 0.15) is 6.61 Å². The molecule has 0 aliphatic carbocycles. The lowest BCUT2D eigenvalue weighted by Gasteiger charge is -2.25. The number of benzene rings is 2. The van der Waals surface area contributed by atoms with Crippen LogP contribution < -0.4 is 9.47 Å². The Labute approximate surface area is 113 Å². The lowest BCUT2D eigenvalue weighted by Crippen LogP contribution is -2.36. The number of ketones is 1. The lowest BCUT2D eigenvalue weighted by molar-refractivity contribution is 0.0585. The summed E-state index contributed by atoms with van der Waals surface area (Å²) in [5.41, 5.74) is 0.0527. The standard InChI is InChI=1S/C15H10F2O3/c16-10-6-5-9(7-11(10)17)15(18)14-8-19-12-3-1-2-4-13(12)20-14/h1-7,14H,8H2. The number of fused-ring (bicyclic) bond motifs is 1. The van der Waals surface area contributed by atoms with Crippen LogP contribution in [0.5, 0.6) is 11.5 Å². The van der Waals surface area contributed by atoms with Crippen LogP contribution in [0.2, 0.25) is 0 Å². The van der Waals surface area contributed by atoms with Crippen molar-refractivity contribution in [3.63, 3.8) is 0 Å². The minimum absolute atomic E-state index is 0.0365. The minimum atomic E-state index is -1.06. The fourth-order valence-electron chi connectivity index (χ4n) is 1.98. The zero-order valence-electron chi connectivity index (χ0n) is 10.3. The van der Waals surface area contributed by atoms with E-state index in [0.29, 0.717) is 11.5 Å². The number of halogens is 2. The van der Waals surface area contributed by atoms with Crippen molar-refractivity contribution in [2.75, 3.05) is 6.61 Å². The van der Waals surface area contributed by atoms with Gasteiger partial charge in [-0.3, -0.25) is 4.79 Å². The molecule has 2 aromatic carbocycles. The molecule has 3 nitrogen and oxygen atoms in total. The van der Waals surface area contributed by atoms with E-state index in [9.17, 15) is 13.6 Å². The molecule has 0 saturated carbocycles. The predicted octanol–water partition coefficient (Wildman–Crippen LogP) is 2.99. The summed E-state index contributed by atoms with van der Waals surface area (Å²) in [5.74, 6) is -1.49. The van der Waals surface area contributed by atoms with Crippen LogP contribution in [0.15, 0.2) is 42.5 Å². The molecule has 0 N–H and O–H groups in total. The van der Waals surface area contributed by atoms with E-state index in [1.807, 2.05) is 0 Å². The Morgan fingerprint density at radius 1 is 1.05 bits per heavy atom. The summed E-state index contributed by atoms with van der Waals surface area (Å²) in [6.45, 7) is 0.0365. The van der Waals surface area contributed by atoms with Crippen molar-refractivity contribution in [1.82, 2.24) is 0 Å². The molecule has 20 heavy (non-hydrogen) atoms. The SMILES string of the molecule is O=C(c1ccc(F)c(F)c1)C1COc2ccccc2O1. The molecular formula is C15H10F2O3. The lowest BCUT2D eigenvalue weighted by atomic mass is 10.1. The Morgan fingerprint density at radius 2 is 1.80 bits per heavy atom. The molecule has 0 spiro atoms. The first-order chi connectivity index (χ1) is 9.65. The van der Waals surface area contributed by atoms with Gasteiger partial charge in [-0.1, -0.05) is 12.1 Å². The number of carbonyl (C=O) groups is 1. The van der Waals surface area contributed by atoms with Gasteiger partial charge in [0.25, 0.3) is 0 Å². The smallest absolute Gasteiger partial charge is 0.206 e. The third-order valence-electron chi connectivity index (χ3n) is 3.01. The zero-order valence-corrected chi connectivity index (χ0v) is 10.3. The summed E-state index contributed by atoms with van der Waals surface area (Å²) >= 11 is 0. The van der Waals surface area contributed by atoms with Crippen LogP contribution in [0, 0.1) is 11.6 Å². The van der Waals surface area contributed by atoms with E-state index in [-0.39, 0.29) is 12.2 Å². The summed E-state index contributed by atoms with van der Waals surface area (Å²) in [7, 11) is 0. The van der Waals surface area contributed by atoms with Gasteiger partial charge in [0.15, 0.2) is 29.2 Å². The highest BCUT2D eigenvalue weighted by Crippen LogP contribution is 2.31. The molecule has 5 heteroatoms. The molecule has 2 aromatic rings. The van der Waals surface area contributed by atoms with Gasteiger partial charge in [-0.15, -0.1) is 0 Å². The maximum Gasteiger partial charge on any atom is 0.206 e. The Bertz CT molecular complexity index is 670. The van der Waals surface area contributed by atoms with Crippen LogP contribution in [0.25, 0.3) is 0 Å². The van der Waals surface area contributed by atoms with Gasteiger partial charge >= 0.3 is 0 Å². The molecule has 102 valence electrons. The third kappa shape index (κ3) is 2.22. The second kappa shape index (κ2) is 4.92. The van der Waals surface area contributed by atoms with Gasteiger partial charge in [0.05, 0.1) is 0 Å². The second-order valence-corrected chi connectivity index (χ2v) is 4.36. The molecule has 0 aromatic heterocycles. The van der Waals surface area contributed by atoms with E-state index < -0.39 is 23.5 Å². The Balaban J connectivity index is 1.84. The van der Waals surface area contributed by atoms with Gasteiger partial charge in [-0.2, -0.15) is 0 Å². The first kappa shape index (κ1) is 12.6. The van der Waals surface area contributed by atoms with Crippen LogP contribution in [-0.4, -0.2) is 18.5 Å². The van der Waals surface area contributed by atoms with Crippen molar-refractivity contribution in [3.8, 4) is 11.5 Å². The Hall–Kier alpha value is -2.43. The van der Waals surface area contributed by atoms with E-state index in [0.717, 1.165) is 12.1 Å². The largest absolute Gasteiger partial charge is 0.485 e. The number of ether oxygens (including phenoxy) is 2. The molecule has 1 heterocycles. The highest BCUT2D eigenvalue weighted by Gasteiger charge is 2.28. The predicted molar refractivity (Wildman–Crippen MR) is 67.0 cm³/mol. The molecule has 0 radical (unpaired) electrons. The van der Waals surface area contributed by atoms with Crippen LogP contribution in [0.1, 0.15) is 10.4 Å². The molecule has 1 aliphatic heterocycles. The average molecular weight is 276 g/mol. The highest BCUT2D eigenvalue weighted by atomic mass is 19.2. The van der Waals surface area contributed by atoms with Crippen LogP contribution in [-0.2, 0) is 0 Å². The third-order valence-corrected chi connectivity index (χ3v) is 3.01. The fraction of sp³-hybridized carbons (Fsp3) is 0.133. The molecule has 0 bridgehead atoms. The topological polar surface area (TPSA) is 35.5 Å². The van der Waals surface area contributed by atoms with Crippen LogP contribution in [0.4, 0.5) is 8.78 Å². The molecule has 0 fully saturated rings. The minimum Gasteiger partial charge on any atom is -0.485 e. The first-order valence-corrected chi connectivity index (χ1v) is 6.03. The molecule has 1 unspecified atom stereocenters. The maximum atomic E-state index is 13.1. The molecule has 0 saturated heterocycles. The first-order valence-electron chi connectivity index (χ1n) is 6.03. The van der Waals surface area contributed by atoms with E-state index in [1.54, 1.807) is 24.3 Å². The van der Waals surface area contributed by atoms with E-state index in [1.165, 1.54) is 6.07 Å². The Morgan fingerprint density at radius 3 is 2.55 bits per heavy atom. The molecule has 1 aliphatic rings. The zero-order chi connectivity index (χ0) is 14.1. The number of Topliss-reactive ketones (excluding diaryl/α,β-unsaturated/α-hetero) is 1. The maximum absolute atomic E-state index is 13.1. The van der Waals surface area contributed by atoms with Gasteiger partial charge in [-0.25, -0.2) is 8.78 Å². The number of rotatable bonds is 2. The summed E-state index contributed by atoms with van der Waals surface area (Å²) in [6, 6.07) is 9.96. The number of carbonyl (C=O) groups excluding carboxylic acids is 1. The van der Waals surface area contributed by atoms with Crippen molar-refractivity contribution < 1.29 is 23.0 Å². The molecule has 3 rings (SSSR count). The van der Waals surface area contributed by atoms with E-state index in [4.69, 9.17) is 9.47 Å². The number of para-hydroxylation sites is 2. The van der Waals surface area contributed by atoms with Crippen molar-refractivity contribution >= 4 is 5.78 Å². The Kier molecular flexibility index (Phi) is 3.10. The van der Waals surface area contributed by atoms with Crippen LogP contribution in [0.3, 0.4) is 0 Å².